The zero-order valence-electron chi connectivity index (χ0n) is 10.7. The summed E-state index contributed by atoms with van der Waals surface area (Å²) in [6, 6.07) is 4.13. The van der Waals surface area contributed by atoms with Crippen LogP contribution in [0.2, 0.25) is 0 Å². The number of unbranched alkanes of at least 4 members (excludes halogenated alkanes) is 1. The number of Topliss-reactive ketones (excluding diaryl/α,β-unsaturated/α-hetero) is 1. The first-order valence-corrected chi connectivity index (χ1v) is 5.97. The summed E-state index contributed by atoms with van der Waals surface area (Å²) in [7, 11) is 0. The Labute approximate surface area is 110 Å². The molecule has 0 aromatic heterocycles. The fraction of sp³-hybridized carbons (Fsp3) is 0.385. The van der Waals surface area contributed by atoms with E-state index in [1.807, 2.05) is 5.43 Å². The van der Waals surface area contributed by atoms with Gasteiger partial charge in [0.2, 0.25) is 5.91 Å². The van der Waals surface area contributed by atoms with Gasteiger partial charge in [0.1, 0.15) is 11.6 Å². The maximum atomic E-state index is 13.5. The molecule has 5 nitrogen and oxygen atoms in total. The third-order valence-electron chi connectivity index (χ3n) is 2.55. The highest BCUT2D eigenvalue weighted by Crippen LogP contribution is 2.17. The number of nitrogens with one attached hydrogen (secondary N) is 1. The van der Waals surface area contributed by atoms with Crippen molar-refractivity contribution in [2.24, 2.45) is 5.84 Å². The summed E-state index contributed by atoms with van der Waals surface area (Å²) >= 11 is 0. The van der Waals surface area contributed by atoms with Crippen molar-refractivity contribution in [3.63, 3.8) is 0 Å². The molecule has 0 aliphatic rings. The first kappa shape index (κ1) is 15.1. The topological polar surface area (TPSA) is 81.4 Å². The summed E-state index contributed by atoms with van der Waals surface area (Å²) in [5.41, 5.74) is 2.08. The van der Waals surface area contributed by atoms with Gasteiger partial charge in [-0.15, -0.1) is 0 Å². The quantitative estimate of drug-likeness (QED) is 0.258. The average molecular weight is 268 g/mol. The van der Waals surface area contributed by atoms with Gasteiger partial charge in [-0.2, -0.15) is 0 Å². The number of rotatable bonds is 7. The summed E-state index contributed by atoms with van der Waals surface area (Å²) < 4.78 is 18.8. The molecule has 1 rings (SSSR count). The number of hydrogen-bond acceptors (Lipinski definition) is 4. The Morgan fingerprint density at radius 3 is 2.68 bits per heavy atom. The van der Waals surface area contributed by atoms with Gasteiger partial charge >= 0.3 is 0 Å². The molecule has 0 saturated carbocycles. The van der Waals surface area contributed by atoms with Crippen molar-refractivity contribution in [2.45, 2.75) is 26.2 Å². The molecule has 0 radical (unpaired) electrons. The lowest BCUT2D eigenvalue weighted by Gasteiger charge is -2.07. The number of amides is 1. The summed E-state index contributed by atoms with van der Waals surface area (Å²) in [5, 5.41) is 0. The van der Waals surface area contributed by atoms with E-state index in [-0.39, 0.29) is 17.3 Å². The van der Waals surface area contributed by atoms with Gasteiger partial charge in [0, 0.05) is 12.5 Å². The lowest BCUT2D eigenvalue weighted by molar-refractivity contribution is -0.121. The van der Waals surface area contributed by atoms with E-state index in [4.69, 9.17) is 10.6 Å². The molecule has 0 atom stereocenters. The van der Waals surface area contributed by atoms with Gasteiger partial charge in [0.15, 0.2) is 5.78 Å². The number of ketones is 1. The van der Waals surface area contributed by atoms with E-state index in [1.54, 1.807) is 6.07 Å². The number of carbonyl (C=O) groups excluding carboxylic acids is 2. The van der Waals surface area contributed by atoms with Crippen LogP contribution < -0.4 is 16.0 Å². The molecule has 19 heavy (non-hydrogen) atoms. The van der Waals surface area contributed by atoms with Gasteiger partial charge in [0.05, 0.1) is 12.2 Å². The summed E-state index contributed by atoms with van der Waals surface area (Å²) in [6.45, 7) is 1.68. The molecule has 0 aliphatic carbocycles. The van der Waals surface area contributed by atoms with E-state index >= 15 is 0 Å². The third kappa shape index (κ3) is 5.05. The maximum absolute atomic E-state index is 13.5. The van der Waals surface area contributed by atoms with E-state index < -0.39 is 5.82 Å². The number of ether oxygens (including phenoxy) is 1. The Balaban J connectivity index is 2.36. The molecule has 3 N–H and O–H groups in total. The van der Waals surface area contributed by atoms with Crippen LogP contribution in [0.4, 0.5) is 4.39 Å². The highest BCUT2D eigenvalue weighted by Gasteiger charge is 2.08. The van der Waals surface area contributed by atoms with Gasteiger partial charge in [-0.25, -0.2) is 10.2 Å². The number of benzene rings is 1. The number of nitrogens with two attached hydrogens (primary N) is 1. The smallest absolute Gasteiger partial charge is 0.233 e. The zero-order valence-corrected chi connectivity index (χ0v) is 10.7. The average Bonchev–Trinajstić information content (AvgIpc) is 2.37. The second-order valence-corrected chi connectivity index (χ2v) is 4.07. The minimum atomic E-state index is -0.590. The van der Waals surface area contributed by atoms with Crippen LogP contribution in [0.15, 0.2) is 18.2 Å². The molecule has 0 bridgehead atoms. The SMILES string of the molecule is CC(=O)c1ccc(OCCCCC(=O)NN)cc1F. The van der Waals surface area contributed by atoms with E-state index in [1.165, 1.54) is 19.1 Å². The van der Waals surface area contributed by atoms with Crippen LogP contribution in [-0.4, -0.2) is 18.3 Å². The van der Waals surface area contributed by atoms with Crippen LogP contribution in [0.1, 0.15) is 36.5 Å². The Hall–Kier alpha value is -1.95. The lowest BCUT2D eigenvalue weighted by Crippen LogP contribution is -2.29. The van der Waals surface area contributed by atoms with E-state index in [0.29, 0.717) is 31.6 Å². The van der Waals surface area contributed by atoms with Gasteiger partial charge in [0.25, 0.3) is 0 Å². The minimum Gasteiger partial charge on any atom is -0.493 e. The maximum Gasteiger partial charge on any atom is 0.233 e. The molecular weight excluding hydrogens is 251 g/mol. The second-order valence-electron chi connectivity index (χ2n) is 4.07. The molecule has 0 spiro atoms. The molecule has 1 aromatic carbocycles. The van der Waals surface area contributed by atoms with Crippen molar-refractivity contribution in [3.05, 3.63) is 29.6 Å². The molecule has 0 fully saturated rings. The van der Waals surface area contributed by atoms with Crippen LogP contribution in [0.3, 0.4) is 0 Å². The van der Waals surface area contributed by atoms with Crippen LogP contribution in [-0.2, 0) is 4.79 Å². The van der Waals surface area contributed by atoms with Crippen molar-refractivity contribution < 1.29 is 18.7 Å². The number of carbonyl (C=O) groups is 2. The van der Waals surface area contributed by atoms with Crippen molar-refractivity contribution >= 4 is 11.7 Å². The largest absolute Gasteiger partial charge is 0.493 e. The Morgan fingerprint density at radius 2 is 2.11 bits per heavy atom. The Bertz CT molecular complexity index is 463. The lowest BCUT2D eigenvalue weighted by atomic mass is 10.1. The highest BCUT2D eigenvalue weighted by atomic mass is 19.1. The highest BCUT2D eigenvalue weighted by molar-refractivity contribution is 5.94. The van der Waals surface area contributed by atoms with Crippen molar-refractivity contribution in [3.8, 4) is 5.75 Å². The van der Waals surface area contributed by atoms with E-state index in [2.05, 4.69) is 0 Å². The normalized spacial score (nSPS) is 10.1. The molecule has 0 unspecified atom stereocenters. The molecule has 1 aromatic rings. The van der Waals surface area contributed by atoms with Crippen LogP contribution >= 0.6 is 0 Å². The van der Waals surface area contributed by atoms with E-state index in [0.717, 1.165) is 0 Å². The van der Waals surface area contributed by atoms with Gasteiger partial charge in [-0.3, -0.25) is 15.0 Å². The Morgan fingerprint density at radius 1 is 1.37 bits per heavy atom. The first-order valence-electron chi connectivity index (χ1n) is 5.97. The first-order chi connectivity index (χ1) is 9.04. The molecule has 0 heterocycles. The van der Waals surface area contributed by atoms with Crippen molar-refractivity contribution in [1.29, 1.82) is 0 Å². The summed E-state index contributed by atoms with van der Waals surface area (Å²) in [4.78, 5) is 21.9. The van der Waals surface area contributed by atoms with Crippen LogP contribution in [0.5, 0.6) is 5.75 Å². The fourth-order valence-corrected chi connectivity index (χ4v) is 1.52. The molecule has 1 amide bonds. The van der Waals surface area contributed by atoms with Crippen LogP contribution in [0, 0.1) is 5.82 Å². The number of hydrogen-bond donors (Lipinski definition) is 2. The summed E-state index contributed by atoms with van der Waals surface area (Å²) in [6.07, 6.45) is 1.62. The molecule has 6 heteroatoms. The molecular formula is C13H17FN2O3. The zero-order chi connectivity index (χ0) is 14.3. The van der Waals surface area contributed by atoms with Gasteiger partial charge in [-0.1, -0.05) is 0 Å². The molecule has 104 valence electrons. The van der Waals surface area contributed by atoms with Gasteiger partial charge < -0.3 is 4.74 Å². The Kier molecular flexibility index (Phi) is 5.95. The second kappa shape index (κ2) is 7.48. The van der Waals surface area contributed by atoms with Crippen molar-refractivity contribution in [2.75, 3.05) is 6.61 Å². The standard InChI is InChI=1S/C13H17FN2O3/c1-9(17)11-6-5-10(8-12(11)14)19-7-3-2-4-13(18)16-15/h5-6,8H,2-4,7,15H2,1H3,(H,16,18). The van der Waals surface area contributed by atoms with Crippen LogP contribution in [0.25, 0.3) is 0 Å². The predicted octanol–water partition coefficient (Wildman–Crippen LogP) is 1.57. The number of halogens is 1. The fourth-order valence-electron chi connectivity index (χ4n) is 1.52. The van der Waals surface area contributed by atoms with Crippen molar-refractivity contribution in [1.82, 2.24) is 5.43 Å². The van der Waals surface area contributed by atoms with Gasteiger partial charge in [-0.05, 0) is 31.9 Å². The third-order valence-corrected chi connectivity index (χ3v) is 2.55. The minimum absolute atomic E-state index is 0.0481. The molecule has 0 aliphatic heterocycles. The predicted molar refractivity (Wildman–Crippen MR) is 68.1 cm³/mol. The number of hydrazine groups is 1. The molecule has 0 saturated heterocycles. The van der Waals surface area contributed by atoms with E-state index in [9.17, 15) is 14.0 Å². The monoisotopic (exact) mass is 268 g/mol. The summed E-state index contributed by atoms with van der Waals surface area (Å²) in [5.74, 6) is 4.16.